The maximum absolute atomic E-state index is 13.5. The Morgan fingerprint density at radius 1 is 1.24 bits per heavy atom. The molecule has 0 saturated carbocycles. The summed E-state index contributed by atoms with van der Waals surface area (Å²) in [7, 11) is 2.72. The van der Waals surface area contributed by atoms with Gasteiger partial charge in [0.05, 0.1) is 26.6 Å². The van der Waals surface area contributed by atoms with Crippen LogP contribution in [0.3, 0.4) is 0 Å². The van der Waals surface area contributed by atoms with Gasteiger partial charge in [0.2, 0.25) is 5.76 Å². The van der Waals surface area contributed by atoms with Crippen LogP contribution in [0.1, 0.15) is 67.2 Å². The molecule has 0 aromatic rings. The highest BCUT2D eigenvalue weighted by molar-refractivity contribution is 5.89. The third-order valence-corrected chi connectivity index (χ3v) is 7.03. The van der Waals surface area contributed by atoms with E-state index in [2.05, 4.69) is 0 Å². The second kappa shape index (κ2) is 11.2. The molecule has 190 valence electrons. The van der Waals surface area contributed by atoms with Gasteiger partial charge in [-0.15, -0.1) is 0 Å². The molecule has 8 nitrogen and oxygen atoms in total. The molecule has 0 N–H and O–H groups in total. The summed E-state index contributed by atoms with van der Waals surface area (Å²) in [4.78, 5) is 50.4. The third kappa shape index (κ3) is 5.88. The lowest BCUT2D eigenvalue weighted by atomic mass is 9.71. The van der Waals surface area contributed by atoms with Gasteiger partial charge in [-0.05, 0) is 50.2 Å². The van der Waals surface area contributed by atoms with Crippen LogP contribution in [0.5, 0.6) is 0 Å². The number of methoxy groups -OCH3 is 2. The van der Waals surface area contributed by atoms with Gasteiger partial charge in [0, 0.05) is 18.8 Å². The van der Waals surface area contributed by atoms with Crippen molar-refractivity contribution in [3.8, 4) is 0 Å². The van der Waals surface area contributed by atoms with Crippen molar-refractivity contribution in [1.29, 1.82) is 0 Å². The molecule has 0 radical (unpaired) electrons. The minimum absolute atomic E-state index is 0.0290. The highest BCUT2D eigenvalue weighted by Crippen LogP contribution is 2.45. The van der Waals surface area contributed by atoms with Gasteiger partial charge in [0.15, 0.2) is 0 Å². The van der Waals surface area contributed by atoms with Crippen molar-refractivity contribution in [3.05, 3.63) is 23.0 Å². The second-order valence-electron chi connectivity index (χ2n) is 9.84. The Bertz CT molecular complexity index is 883. The van der Waals surface area contributed by atoms with Crippen molar-refractivity contribution in [2.24, 2.45) is 23.7 Å². The number of rotatable bonds is 5. The predicted octanol–water partition coefficient (Wildman–Crippen LogP) is 3.92. The zero-order valence-electron chi connectivity index (χ0n) is 21.6. The molecule has 0 amide bonds. The van der Waals surface area contributed by atoms with E-state index in [1.807, 2.05) is 26.8 Å². The van der Waals surface area contributed by atoms with Crippen molar-refractivity contribution in [1.82, 2.24) is 0 Å². The summed E-state index contributed by atoms with van der Waals surface area (Å²) >= 11 is 0. The maximum Gasteiger partial charge on any atom is 0.374 e. The number of ether oxygens (including phenoxy) is 4. The first-order valence-corrected chi connectivity index (χ1v) is 11.8. The molecular weight excluding hydrogens is 440 g/mol. The molecule has 2 rings (SSSR count). The van der Waals surface area contributed by atoms with Gasteiger partial charge in [-0.3, -0.25) is 14.4 Å². The summed E-state index contributed by atoms with van der Waals surface area (Å²) in [6.45, 7) is 10.8. The van der Waals surface area contributed by atoms with Gasteiger partial charge in [-0.1, -0.05) is 26.8 Å². The third-order valence-electron chi connectivity index (χ3n) is 7.03. The fourth-order valence-corrected chi connectivity index (χ4v) is 5.12. The highest BCUT2D eigenvalue weighted by atomic mass is 16.6. The Kier molecular flexibility index (Phi) is 9.08. The predicted molar refractivity (Wildman–Crippen MR) is 124 cm³/mol. The van der Waals surface area contributed by atoms with E-state index in [1.165, 1.54) is 21.1 Å². The second-order valence-corrected chi connectivity index (χ2v) is 9.84. The first-order valence-electron chi connectivity index (χ1n) is 11.8. The molecule has 8 heteroatoms. The first kappa shape index (κ1) is 27.6. The largest absolute Gasteiger partial charge is 0.490 e. The van der Waals surface area contributed by atoms with Crippen LogP contribution in [-0.4, -0.2) is 49.6 Å². The lowest BCUT2D eigenvalue weighted by molar-refractivity contribution is -0.167. The van der Waals surface area contributed by atoms with E-state index >= 15 is 0 Å². The standard InChI is InChI=1S/C26H38O8/c1-14(2)21-19-10-9-16(4)23(33-17(5)27)18(13-20(28)31-7)22(29)15(3)11-12-26(19,6)34-25(30)24(21)32-8/h9,14-15,18-19,23H,10-13H2,1-8H3/t15-,18-,19+,23-,26-/m1/s1. The number of carbonyl (C=O) groups is 4. The van der Waals surface area contributed by atoms with Crippen molar-refractivity contribution >= 4 is 23.7 Å². The first-order chi connectivity index (χ1) is 15.9. The number of esters is 3. The van der Waals surface area contributed by atoms with Gasteiger partial charge in [-0.25, -0.2) is 4.79 Å². The fourth-order valence-electron chi connectivity index (χ4n) is 5.12. The Balaban J connectivity index is 2.65. The molecule has 1 heterocycles. The van der Waals surface area contributed by atoms with E-state index in [0.717, 1.165) is 5.57 Å². The van der Waals surface area contributed by atoms with Crippen LogP contribution in [0.4, 0.5) is 0 Å². The van der Waals surface area contributed by atoms with Gasteiger partial charge < -0.3 is 18.9 Å². The van der Waals surface area contributed by atoms with Gasteiger partial charge in [0.1, 0.15) is 17.5 Å². The fraction of sp³-hybridized carbons (Fsp3) is 0.692. The smallest absolute Gasteiger partial charge is 0.374 e. The molecule has 0 saturated heterocycles. The number of carbonyl (C=O) groups excluding carboxylic acids is 4. The normalized spacial score (nSPS) is 30.6. The number of ketones is 1. The monoisotopic (exact) mass is 478 g/mol. The van der Waals surface area contributed by atoms with Crippen LogP contribution in [0.2, 0.25) is 0 Å². The van der Waals surface area contributed by atoms with Gasteiger partial charge in [-0.2, -0.15) is 0 Å². The molecule has 34 heavy (non-hydrogen) atoms. The molecule has 0 fully saturated rings. The van der Waals surface area contributed by atoms with Crippen LogP contribution in [0.15, 0.2) is 23.0 Å². The number of fused-ring (bicyclic) bond motifs is 1. The molecule has 1 aliphatic heterocycles. The summed E-state index contributed by atoms with van der Waals surface area (Å²) in [5.74, 6) is -3.03. The van der Waals surface area contributed by atoms with E-state index in [4.69, 9.17) is 18.9 Å². The van der Waals surface area contributed by atoms with E-state index in [1.54, 1.807) is 13.8 Å². The molecule has 2 aliphatic rings. The Morgan fingerprint density at radius 2 is 1.88 bits per heavy atom. The van der Waals surface area contributed by atoms with Crippen LogP contribution in [0, 0.1) is 23.7 Å². The molecule has 0 bridgehead atoms. The Morgan fingerprint density at radius 3 is 2.41 bits per heavy atom. The number of Topliss-reactive ketones (excluding diaryl/α,β-unsaturated/α-hetero) is 1. The molecule has 0 aromatic heterocycles. The van der Waals surface area contributed by atoms with Crippen molar-refractivity contribution < 1.29 is 38.1 Å². The molecular formula is C26H38O8. The Labute approximate surface area is 202 Å². The van der Waals surface area contributed by atoms with E-state index < -0.39 is 41.4 Å². The van der Waals surface area contributed by atoms with Gasteiger partial charge >= 0.3 is 17.9 Å². The van der Waals surface area contributed by atoms with E-state index in [-0.39, 0.29) is 29.8 Å². The van der Waals surface area contributed by atoms with Crippen LogP contribution in [0.25, 0.3) is 0 Å². The summed E-state index contributed by atoms with van der Waals surface area (Å²) in [5, 5.41) is 0. The average molecular weight is 479 g/mol. The van der Waals surface area contributed by atoms with E-state index in [0.29, 0.717) is 24.8 Å². The summed E-state index contributed by atoms with van der Waals surface area (Å²) < 4.78 is 21.8. The van der Waals surface area contributed by atoms with Crippen LogP contribution < -0.4 is 0 Å². The number of hydrogen-bond acceptors (Lipinski definition) is 8. The average Bonchev–Trinajstić information content (AvgIpc) is 2.77. The minimum Gasteiger partial charge on any atom is -0.490 e. The molecule has 0 spiro atoms. The zero-order chi connectivity index (χ0) is 25.8. The lowest BCUT2D eigenvalue weighted by Crippen LogP contribution is -2.47. The molecule has 0 unspecified atom stereocenters. The Hall–Kier alpha value is -2.64. The quantitative estimate of drug-likeness (QED) is 0.333. The minimum atomic E-state index is -0.893. The topological polar surface area (TPSA) is 105 Å². The van der Waals surface area contributed by atoms with Gasteiger partial charge in [0.25, 0.3) is 0 Å². The van der Waals surface area contributed by atoms with Crippen molar-refractivity contribution in [3.63, 3.8) is 0 Å². The summed E-state index contributed by atoms with van der Waals surface area (Å²) in [5.41, 5.74) is 0.690. The van der Waals surface area contributed by atoms with Crippen molar-refractivity contribution in [2.45, 2.75) is 78.9 Å². The summed E-state index contributed by atoms with van der Waals surface area (Å²) in [6, 6.07) is 0. The van der Waals surface area contributed by atoms with Crippen LogP contribution in [-0.2, 0) is 38.1 Å². The zero-order valence-corrected chi connectivity index (χ0v) is 21.6. The van der Waals surface area contributed by atoms with Crippen molar-refractivity contribution in [2.75, 3.05) is 14.2 Å². The lowest BCUT2D eigenvalue weighted by Gasteiger charge is -2.43. The number of hydrogen-bond donors (Lipinski definition) is 0. The number of allylic oxidation sites excluding steroid dienone is 1. The van der Waals surface area contributed by atoms with E-state index in [9.17, 15) is 19.2 Å². The molecule has 1 aliphatic carbocycles. The SMILES string of the molecule is COC(=O)C[C@@H]1C(=O)[C@H](C)CC[C@@]2(C)OC(=O)C(OC)=C(C(C)C)[C@@H]2CC=C(C)[C@H]1OC(C)=O. The molecule has 0 aromatic carbocycles. The molecule has 5 atom stereocenters. The maximum atomic E-state index is 13.5. The summed E-state index contributed by atoms with van der Waals surface area (Å²) in [6.07, 6.45) is 2.22. The van der Waals surface area contributed by atoms with Crippen LogP contribution >= 0.6 is 0 Å². The highest BCUT2D eigenvalue weighted by Gasteiger charge is 2.48.